The van der Waals surface area contributed by atoms with Gasteiger partial charge in [0.2, 0.25) is 5.91 Å². The minimum Gasteiger partial charge on any atom is -0.380 e. The van der Waals surface area contributed by atoms with Gasteiger partial charge < -0.3 is 10.1 Å². The number of ether oxygens (including phenoxy) is 1. The summed E-state index contributed by atoms with van der Waals surface area (Å²) in [7, 11) is 0. The average molecular weight is 292 g/mol. The van der Waals surface area contributed by atoms with E-state index in [0.717, 1.165) is 39.0 Å². The summed E-state index contributed by atoms with van der Waals surface area (Å²) in [6.45, 7) is 5.04. The van der Waals surface area contributed by atoms with Gasteiger partial charge in [-0.2, -0.15) is 0 Å². The molecule has 0 spiro atoms. The molecule has 0 aromatic heterocycles. The van der Waals surface area contributed by atoms with Crippen LogP contribution in [0.15, 0.2) is 12.2 Å². The fourth-order valence-electron chi connectivity index (χ4n) is 3.75. The number of nitrogens with one attached hydrogen (secondary N) is 1. The Kier molecular flexibility index (Phi) is 5.31. The zero-order chi connectivity index (χ0) is 14.5. The predicted octanol–water partition coefficient (Wildman–Crippen LogP) is 1.96. The second-order valence-corrected chi connectivity index (χ2v) is 6.72. The van der Waals surface area contributed by atoms with E-state index in [9.17, 15) is 4.79 Å². The van der Waals surface area contributed by atoms with Gasteiger partial charge in [-0.3, -0.25) is 9.69 Å². The zero-order valence-electron chi connectivity index (χ0n) is 12.9. The topological polar surface area (TPSA) is 41.6 Å². The Labute approximate surface area is 127 Å². The van der Waals surface area contributed by atoms with E-state index >= 15 is 0 Å². The number of amides is 1. The van der Waals surface area contributed by atoms with Gasteiger partial charge in [0, 0.05) is 25.1 Å². The standard InChI is InChI=1S/C17H28N2O2/c20-17(15-4-2-1-3-5-15)18-12-14-6-9-19(10-7-14)16-8-11-21-13-16/h1-2,14-16H,3-13H2,(H,18,20)/t15-,16+/m1/s1. The summed E-state index contributed by atoms with van der Waals surface area (Å²) in [6.07, 6.45) is 10.9. The van der Waals surface area contributed by atoms with Crippen molar-refractivity contribution in [1.29, 1.82) is 0 Å². The Morgan fingerprint density at radius 2 is 2.05 bits per heavy atom. The van der Waals surface area contributed by atoms with Gasteiger partial charge >= 0.3 is 0 Å². The number of nitrogens with zero attached hydrogens (tertiary/aromatic N) is 1. The number of likely N-dealkylation sites (tertiary alicyclic amines) is 1. The largest absolute Gasteiger partial charge is 0.380 e. The van der Waals surface area contributed by atoms with Gasteiger partial charge in [0.25, 0.3) is 0 Å². The van der Waals surface area contributed by atoms with Crippen LogP contribution in [0.25, 0.3) is 0 Å². The van der Waals surface area contributed by atoms with Crippen molar-refractivity contribution in [1.82, 2.24) is 10.2 Å². The van der Waals surface area contributed by atoms with Crippen molar-refractivity contribution in [2.45, 2.75) is 44.6 Å². The molecule has 0 aromatic carbocycles. The minimum atomic E-state index is 0.214. The summed E-state index contributed by atoms with van der Waals surface area (Å²) < 4.78 is 5.48. The van der Waals surface area contributed by atoms with E-state index in [1.807, 2.05) is 0 Å². The highest BCUT2D eigenvalue weighted by Crippen LogP contribution is 2.22. The van der Waals surface area contributed by atoms with Gasteiger partial charge in [0.05, 0.1) is 6.61 Å². The second-order valence-electron chi connectivity index (χ2n) is 6.72. The molecule has 0 unspecified atom stereocenters. The van der Waals surface area contributed by atoms with Crippen molar-refractivity contribution in [2.75, 3.05) is 32.8 Å². The number of allylic oxidation sites excluding steroid dienone is 2. The Bertz CT molecular complexity index is 369. The Hall–Kier alpha value is -0.870. The van der Waals surface area contributed by atoms with E-state index in [1.165, 1.54) is 32.4 Å². The van der Waals surface area contributed by atoms with Crippen molar-refractivity contribution in [3.8, 4) is 0 Å². The Morgan fingerprint density at radius 1 is 1.19 bits per heavy atom. The summed E-state index contributed by atoms with van der Waals surface area (Å²) in [5.41, 5.74) is 0. The normalized spacial score (nSPS) is 31.4. The molecule has 2 heterocycles. The molecule has 1 N–H and O–H groups in total. The van der Waals surface area contributed by atoms with Crippen molar-refractivity contribution < 1.29 is 9.53 Å². The highest BCUT2D eigenvalue weighted by molar-refractivity contribution is 5.78. The molecule has 1 aliphatic carbocycles. The maximum Gasteiger partial charge on any atom is 0.223 e. The van der Waals surface area contributed by atoms with Crippen molar-refractivity contribution >= 4 is 5.91 Å². The van der Waals surface area contributed by atoms with Crippen LogP contribution in [0.5, 0.6) is 0 Å². The maximum absolute atomic E-state index is 12.1. The molecule has 2 fully saturated rings. The fraction of sp³-hybridized carbons (Fsp3) is 0.824. The predicted molar refractivity (Wildman–Crippen MR) is 83.0 cm³/mol. The van der Waals surface area contributed by atoms with Crippen LogP contribution in [-0.2, 0) is 9.53 Å². The monoisotopic (exact) mass is 292 g/mol. The first-order valence-electron chi connectivity index (χ1n) is 8.57. The molecular formula is C17H28N2O2. The number of rotatable bonds is 4. The lowest BCUT2D eigenvalue weighted by molar-refractivity contribution is -0.125. The molecule has 0 aromatic rings. The quantitative estimate of drug-likeness (QED) is 0.805. The van der Waals surface area contributed by atoms with Crippen LogP contribution in [0.3, 0.4) is 0 Å². The van der Waals surface area contributed by atoms with Crippen LogP contribution in [0.2, 0.25) is 0 Å². The molecule has 2 saturated heterocycles. The smallest absolute Gasteiger partial charge is 0.223 e. The van der Waals surface area contributed by atoms with Crippen LogP contribution in [0, 0.1) is 11.8 Å². The van der Waals surface area contributed by atoms with Crippen LogP contribution in [0.4, 0.5) is 0 Å². The molecule has 2 aliphatic heterocycles. The number of piperidine rings is 1. The van der Waals surface area contributed by atoms with Crippen molar-refractivity contribution in [2.24, 2.45) is 11.8 Å². The Morgan fingerprint density at radius 3 is 2.71 bits per heavy atom. The molecule has 21 heavy (non-hydrogen) atoms. The molecule has 0 bridgehead atoms. The molecule has 2 atom stereocenters. The number of carbonyl (C=O) groups is 1. The summed E-state index contributed by atoms with van der Waals surface area (Å²) in [5.74, 6) is 1.14. The van der Waals surface area contributed by atoms with E-state index < -0.39 is 0 Å². The Balaban J connectivity index is 1.35. The lowest BCUT2D eigenvalue weighted by Crippen LogP contribution is -2.44. The van der Waals surface area contributed by atoms with Crippen molar-refractivity contribution in [3.05, 3.63) is 12.2 Å². The molecule has 4 nitrogen and oxygen atoms in total. The van der Waals surface area contributed by atoms with E-state index in [0.29, 0.717) is 12.0 Å². The third-order valence-electron chi connectivity index (χ3n) is 5.28. The van der Waals surface area contributed by atoms with E-state index in [4.69, 9.17) is 4.74 Å². The molecule has 3 rings (SSSR count). The van der Waals surface area contributed by atoms with Crippen LogP contribution in [0.1, 0.15) is 38.5 Å². The number of carbonyl (C=O) groups excluding carboxylic acids is 1. The second kappa shape index (κ2) is 7.41. The maximum atomic E-state index is 12.1. The van der Waals surface area contributed by atoms with Gasteiger partial charge in [-0.05, 0) is 57.5 Å². The van der Waals surface area contributed by atoms with Crippen LogP contribution >= 0.6 is 0 Å². The molecular weight excluding hydrogens is 264 g/mol. The van der Waals surface area contributed by atoms with Crippen molar-refractivity contribution in [3.63, 3.8) is 0 Å². The van der Waals surface area contributed by atoms with Crippen LogP contribution in [-0.4, -0.2) is 49.7 Å². The number of hydrogen-bond donors (Lipinski definition) is 1. The van der Waals surface area contributed by atoms with Gasteiger partial charge in [0.1, 0.15) is 0 Å². The fourth-order valence-corrected chi connectivity index (χ4v) is 3.75. The molecule has 4 heteroatoms. The first-order valence-corrected chi connectivity index (χ1v) is 8.57. The van der Waals surface area contributed by atoms with Gasteiger partial charge in [-0.15, -0.1) is 0 Å². The molecule has 0 saturated carbocycles. The first kappa shape index (κ1) is 15.0. The van der Waals surface area contributed by atoms with Gasteiger partial charge in [-0.1, -0.05) is 12.2 Å². The first-order chi connectivity index (χ1) is 10.3. The number of hydrogen-bond acceptors (Lipinski definition) is 3. The van der Waals surface area contributed by atoms with E-state index in [2.05, 4.69) is 22.4 Å². The third-order valence-corrected chi connectivity index (χ3v) is 5.28. The molecule has 1 amide bonds. The molecule has 0 radical (unpaired) electrons. The van der Waals surface area contributed by atoms with Crippen LogP contribution < -0.4 is 5.32 Å². The summed E-state index contributed by atoms with van der Waals surface area (Å²) in [4.78, 5) is 14.7. The van der Waals surface area contributed by atoms with Gasteiger partial charge in [0.15, 0.2) is 0 Å². The lowest BCUT2D eigenvalue weighted by atomic mass is 9.92. The highest BCUT2D eigenvalue weighted by Gasteiger charge is 2.28. The highest BCUT2D eigenvalue weighted by atomic mass is 16.5. The van der Waals surface area contributed by atoms with E-state index in [-0.39, 0.29) is 11.8 Å². The summed E-state index contributed by atoms with van der Waals surface area (Å²) >= 11 is 0. The average Bonchev–Trinajstić information content (AvgIpc) is 3.08. The molecule has 118 valence electrons. The van der Waals surface area contributed by atoms with E-state index in [1.54, 1.807) is 0 Å². The lowest BCUT2D eigenvalue weighted by Gasteiger charge is -2.35. The molecule has 3 aliphatic rings. The minimum absolute atomic E-state index is 0.214. The SMILES string of the molecule is O=C(NCC1CCN([C@H]2CCOC2)CC1)[C@@H]1CC=CCC1. The van der Waals surface area contributed by atoms with Gasteiger partial charge in [-0.25, -0.2) is 0 Å². The third kappa shape index (κ3) is 4.07. The zero-order valence-corrected chi connectivity index (χ0v) is 12.9. The summed E-state index contributed by atoms with van der Waals surface area (Å²) in [6, 6.07) is 0.648. The summed E-state index contributed by atoms with van der Waals surface area (Å²) in [5, 5.41) is 3.19.